The van der Waals surface area contributed by atoms with E-state index in [9.17, 15) is 4.79 Å². The van der Waals surface area contributed by atoms with Gasteiger partial charge in [0.25, 0.3) is 0 Å². The lowest BCUT2D eigenvalue weighted by Crippen LogP contribution is -2.44. The Kier molecular flexibility index (Phi) is 6.35. The topological polar surface area (TPSA) is 59.6 Å². The first-order chi connectivity index (χ1) is 11.1. The summed E-state index contributed by atoms with van der Waals surface area (Å²) >= 11 is 0. The molecule has 0 bridgehead atoms. The number of halogens is 1. The Labute approximate surface area is 149 Å². The standard InChI is InChI=1S/C18H26N2O3.ClH/c1-18(2,12-20-17(21)13-4-3-7-19-11-13)14-5-6-15-16(10-14)23-9-8-22-15;/h5-6,10,13,19H,3-4,7-9,11-12H2,1-2H3,(H,20,21);1H. The van der Waals surface area contributed by atoms with Gasteiger partial charge in [0, 0.05) is 18.5 Å². The number of hydrogen-bond donors (Lipinski definition) is 2. The highest BCUT2D eigenvalue weighted by atomic mass is 35.5. The lowest BCUT2D eigenvalue weighted by atomic mass is 9.84. The van der Waals surface area contributed by atoms with E-state index in [1.54, 1.807) is 0 Å². The van der Waals surface area contributed by atoms with Gasteiger partial charge in [0.1, 0.15) is 13.2 Å². The number of benzene rings is 1. The van der Waals surface area contributed by atoms with Crippen LogP contribution in [0, 0.1) is 5.92 Å². The molecule has 0 saturated carbocycles. The van der Waals surface area contributed by atoms with Crippen molar-refractivity contribution in [2.45, 2.75) is 32.1 Å². The van der Waals surface area contributed by atoms with Crippen molar-refractivity contribution in [2.24, 2.45) is 5.92 Å². The van der Waals surface area contributed by atoms with Crippen LogP contribution in [-0.2, 0) is 10.2 Å². The smallest absolute Gasteiger partial charge is 0.224 e. The number of nitrogens with one attached hydrogen (secondary N) is 2. The van der Waals surface area contributed by atoms with Crippen LogP contribution in [0.5, 0.6) is 11.5 Å². The van der Waals surface area contributed by atoms with E-state index in [0.29, 0.717) is 19.8 Å². The molecule has 2 aliphatic heterocycles. The first kappa shape index (κ1) is 18.9. The lowest BCUT2D eigenvalue weighted by molar-refractivity contribution is -0.125. The molecule has 1 aromatic carbocycles. The summed E-state index contributed by atoms with van der Waals surface area (Å²) in [4.78, 5) is 12.3. The lowest BCUT2D eigenvalue weighted by Gasteiger charge is -2.29. The van der Waals surface area contributed by atoms with Gasteiger partial charge >= 0.3 is 0 Å². The Hall–Kier alpha value is -1.46. The molecule has 0 aliphatic carbocycles. The largest absolute Gasteiger partial charge is 0.486 e. The zero-order chi connectivity index (χ0) is 16.3. The Morgan fingerprint density at radius 1 is 1.29 bits per heavy atom. The van der Waals surface area contributed by atoms with Crippen LogP contribution >= 0.6 is 12.4 Å². The van der Waals surface area contributed by atoms with Crippen molar-refractivity contribution < 1.29 is 14.3 Å². The molecule has 0 radical (unpaired) electrons. The van der Waals surface area contributed by atoms with Gasteiger partial charge in [-0.2, -0.15) is 0 Å². The summed E-state index contributed by atoms with van der Waals surface area (Å²) in [7, 11) is 0. The number of amides is 1. The van der Waals surface area contributed by atoms with Crippen LogP contribution in [0.2, 0.25) is 0 Å². The Bertz CT molecular complexity index is 571. The third kappa shape index (κ3) is 4.33. The number of fused-ring (bicyclic) bond motifs is 1. The van der Waals surface area contributed by atoms with Gasteiger partial charge in [-0.25, -0.2) is 0 Å². The van der Waals surface area contributed by atoms with Crippen molar-refractivity contribution in [3.8, 4) is 11.5 Å². The molecule has 134 valence electrons. The Balaban J connectivity index is 0.00000208. The van der Waals surface area contributed by atoms with Crippen LogP contribution in [0.25, 0.3) is 0 Å². The van der Waals surface area contributed by atoms with E-state index in [2.05, 4.69) is 30.5 Å². The fourth-order valence-electron chi connectivity index (χ4n) is 3.09. The summed E-state index contributed by atoms with van der Waals surface area (Å²) in [6.07, 6.45) is 2.05. The third-order valence-corrected chi connectivity index (χ3v) is 4.70. The molecule has 2 aliphatic rings. The van der Waals surface area contributed by atoms with Crippen molar-refractivity contribution in [1.82, 2.24) is 10.6 Å². The van der Waals surface area contributed by atoms with E-state index in [0.717, 1.165) is 43.0 Å². The molecule has 2 heterocycles. The van der Waals surface area contributed by atoms with E-state index >= 15 is 0 Å². The molecule has 1 fully saturated rings. The molecule has 0 aromatic heterocycles. The van der Waals surface area contributed by atoms with Crippen LogP contribution in [0.1, 0.15) is 32.3 Å². The summed E-state index contributed by atoms with van der Waals surface area (Å²) in [6, 6.07) is 6.04. The number of piperidine rings is 1. The highest BCUT2D eigenvalue weighted by Crippen LogP contribution is 2.34. The molecular weight excluding hydrogens is 328 g/mol. The van der Waals surface area contributed by atoms with Gasteiger partial charge < -0.3 is 20.1 Å². The van der Waals surface area contributed by atoms with Gasteiger partial charge in [0.15, 0.2) is 11.5 Å². The van der Waals surface area contributed by atoms with Crippen molar-refractivity contribution in [2.75, 3.05) is 32.8 Å². The van der Waals surface area contributed by atoms with Crippen LogP contribution in [-0.4, -0.2) is 38.8 Å². The van der Waals surface area contributed by atoms with Gasteiger partial charge in [-0.3, -0.25) is 4.79 Å². The van der Waals surface area contributed by atoms with E-state index in [-0.39, 0.29) is 29.6 Å². The van der Waals surface area contributed by atoms with Gasteiger partial charge in [0.2, 0.25) is 5.91 Å². The fraction of sp³-hybridized carbons (Fsp3) is 0.611. The zero-order valence-corrected chi connectivity index (χ0v) is 15.2. The number of ether oxygens (including phenoxy) is 2. The number of rotatable bonds is 4. The molecule has 1 atom stereocenters. The molecule has 3 rings (SSSR count). The summed E-state index contributed by atoms with van der Waals surface area (Å²) in [6.45, 7) is 7.88. The molecule has 24 heavy (non-hydrogen) atoms. The van der Waals surface area contributed by atoms with Crippen molar-refractivity contribution in [1.29, 1.82) is 0 Å². The van der Waals surface area contributed by atoms with E-state index in [1.807, 2.05) is 12.1 Å². The Morgan fingerprint density at radius 3 is 2.75 bits per heavy atom. The maximum Gasteiger partial charge on any atom is 0.224 e. The molecule has 1 saturated heterocycles. The summed E-state index contributed by atoms with van der Waals surface area (Å²) in [5.41, 5.74) is 0.983. The second-order valence-corrected chi connectivity index (χ2v) is 7.00. The first-order valence-electron chi connectivity index (χ1n) is 8.45. The molecule has 1 unspecified atom stereocenters. The summed E-state index contributed by atoms with van der Waals surface area (Å²) in [5.74, 6) is 1.85. The highest BCUT2D eigenvalue weighted by Gasteiger charge is 2.26. The highest BCUT2D eigenvalue weighted by molar-refractivity contribution is 5.85. The second-order valence-electron chi connectivity index (χ2n) is 7.00. The molecule has 0 spiro atoms. The Morgan fingerprint density at radius 2 is 2.04 bits per heavy atom. The van der Waals surface area contributed by atoms with Gasteiger partial charge in [-0.15, -0.1) is 12.4 Å². The fourth-order valence-corrected chi connectivity index (χ4v) is 3.09. The van der Waals surface area contributed by atoms with Crippen LogP contribution in [0.15, 0.2) is 18.2 Å². The second kappa shape index (κ2) is 8.08. The van der Waals surface area contributed by atoms with Crippen LogP contribution < -0.4 is 20.1 Å². The summed E-state index contributed by atoms with van der Waals surface area (Å²) in [5, 5.41) is 6.41. The van der Waals surface area contributed by atoms with E-state index in [1.165, 1.54) is 0 Å². The van der Waals surface area contributed by atoms with E-state index in [4.69, 9.17) is 9.47 Å². The average molecular weight is 355 g/mol. The maximum absolute atomic E-state index is 12.3. The minimum atomic E-state index is -0.159. The number of carbonyl (C=O) groups is 1. The molecule has 5 nitrogen and oxygen atoms in total. The predicted octanol–water partition coefficient (Wildman–Crippen LogP) is 2.27. The monoisotopic (exact) mass is 354 g/mol. The number of carbonyl (C=O) groups excluding carboxylic acids is 1. The van der Waals surface area contributed by atoms with E-state index < -0.39 is 0 Å². The van der Waals surface area contributed by atoms with Crippen LogP contribution in [0.4, 0.5) is 0 Å². The van der Waals surface area contributed by atoms with Gasteiger partial charge in [-0.05, 0) is 37.1 Å². The molecule has 2 N–H and O–H groups in total. The molecule has 6 heteroatoms. The van der Waals surface area contributed by atoms with Crippen molar-refractivity contribution >= 4 is 18.3 Å². The minimum absolute atomic E-state index is 0. The molecular formula is C18H27ClN2O3. The van der Waals surface area contributed by atoms with Crippen LogP contribution in [0.3, 0.4) is 0 Å². The molecule has 1 amide bonds. The summed E-state index contributed by atoms with van der Waals surface area (Å²) < 4.78 is 11.2. The molecule has 1 aromatic rings. The predicted molar refractivity (Wildman–Crippen MR) is 96.3 cm³/mol. The van der Waals surface area contributed by atoms with Crippen molar-refractivity contribution in [3.63, 3.8) is 0 Å². The third-order valence-electron chi connectivity index (χ3n) is 4.70. The van der Waals surface area contributed by atoms with Gasteiger partial charge in [-0.1, -0.05) is 19.9 Å². The zero-order valence-electron chi connectivity index (χ0n) is 14.4. The SMILES string of the molecule is CC(C)(CNC(=O)C1CCCNC1)c1ccc2c(c1)OCCO2.Cl. The maximum atomic E-state index is 12.3. The minimum Gasteiger partial charge on any atom is -0.486 e. The average Bonchev–Trinajstić information content (AvgIpc) is 2.60. The first-order valence-corrected chi connectivity index (χ1v) is 8.45. The van der Waals surface area contributed by atoms with Crippen molar-refractivity contribution in [3.05, 3.63) is 23.8 Å². The van der Waals surface area contributed by atoms with Gasteiger partial charge in [0.05, 0.1) is 5.92 Å². The number of hydrogen-bond acceptors (Lipinski definition) is 4. The normalized spacial score (nSPS) is 20.0. The quantitative estimate of drug-likeness (QED) is 0.870.